The van der Waals surface area contributed by atoms with Crippen LogP contribution in [-0.2, 0) is 11.0 Å². The first-order valence-corrected chi connectivity index (χ1v) is 12.2. The van der Waals surface area contributed by atoms with Gasteiger partial charge in [-0.1, -0.05) is 60.7 Å². The summed E-state index contributed by atoms with van der Waals surface area (Å²) in [6.45, 7) is 4.76. The number of piperidine rings is 1. The molecule has 0 unspecified atom stereocenters. The lowest BCUT2D eigenvalue weighted by atomic mass is 9.62. The van der Waals surface area contributed by atoms with Crippen LogP contribution in [0.1, 0.15) is 49.7 Å². The van der Waals surface area contributed by atoms with Gasteiger partial charge in [0.05, 0.1) is 0 Å². The summed E-state index contributed by atoms with van der Waals surface area (Å²) in [7, 11) is 6.78. The molecule has 31 heavy (non-hydrogen) atoms. The molecule has 1 N–H and O–H groups in total. The van der Waals surface area contributed by atoms with Crippen molar-refractivity contribution in [3.05, 3.63) is 71.8 Å². The highest BCUT2D eigenvalue weighted by Crippen LogP contribution is 2.49. The molecular weight excluding hydrogens is 378 g/mol. The molecule has 1 aliphatic carbocycles. The van der Waals surface area contributed by atoms with Crippen molar-refractivity contribution in [3.63, 3.8) is 0 Å². The van der Waals surface area contributed by atoms with E-state index in [1.807, 2.05) is 0 Å². The quantitative estimate of drug-likeness (QED) is 0.689. The number of likely N-dealkylation sites (tertiary alicyclic amines) is 1. The first-order valence-electron chi connectivity index (χ1n) is 12.2. The van der Waals surface area contributed by atoms with Crippen LogP contribution in [-0.4, -0.2) is 57.1 Å². The smallest absolute Gasteiger partial charge is 0.0455 e. The van der Waals surface area contributed by atoms with Crippen molar-refractivity contribution in [1.29, 1.82) is 0 Å². The Morgan fingerprint density at radius 2 is 1.39 bits per heavy atom. The number of rotatable bonds is 7. The first kappa shape index (κ1) is 22.5. The molecule has 2 aliphatic rings. The third kappa shape index (κ3) is 4.89. The molecule has 2 fully saturated rings. The van der Waals surface area contributed by atoms with Crippen LogP contribution in [0.2, 0.25) is 0 Å². The summed E-state index contributed by atoms with van der Waals surface area (Å²) in [5.74, 6) is 0.831. The van der Waals surface area contributed by atoms with E-state index in [-0.39, 0.29) is 11.0 Å². The normalized spacial score (nSPS) is 28.1. The molecule has 2 aromatic carbocycles. The lowest BCUT2D eigenvalue weighted by Crippen LogP contribution is -2.51. The number of nitrogens with one attached hydrogen (secondary N) is 1. The number of benzene rings is 2. The topological polar surface area (TPSA) is 18.5 Å². The van der Waals surface area contributed by atoms with E-state index < -0.39 is 0 Å². The fourth-order valence-electron chi connectivity index (χ4n) is 6.03. The Morgan fingerprint density at radius 1 is 0.839 bits per heavy atom. The molecule has 4 rings (SSSR count). The second-order valence-corrected chi connectivity index (χ2v) is 10.3. The predicted octanol–water partition coefficient (Wildman–Crippen LogP) is 4.89. The fourth-order valence-corrected chi connectivity index (χ4v) is 6.03. The van der Waals surface area contributed by atoms with Gasteiger partial charge in [0.2, 0.25) is 0 Å². The van der Waals surface area contributed by atoms with E-state index in [9.17, 15) is 0 Å². The highest BCUT2D eigenvalue weighted by atomic mass is 15.1. The summed E-state index contributed by atoms with van der Waals surface area (Å²) < 4.78 is 0. The van der Waals surface area contributed by atoms with Crippen LogP contribution in [0.4, 0.5) is 0 Å². The number of hydrogen-bond acceptors (Lipinski definition) is 3. The number of hydrogen-bond donors (Lipinski definition) is 1. The Labute approximate surface area is 189 Å². The molecule has 3 heteroatoms. The maximum atomic E-state index is 3.94. The van der Waals surface area contributed by atoms with E-state index in [1.165, 1.54) is 69.3 Å². The van der Waals surface area contributed by atoms with E-state index >= 15 is 0 Å². The third-order valence-corrected chi connectivity index (χ3v) is 8.32. The predicted molar refractivity (Wildman–Crippen MR) is 131 cm³/mol. The molecule has 0 spiro atoms. The molecule has 0 aromatic heterocycles. The second-order valence-electron chi connectivity index (χ2n) is 10.3. The molecule has 0 radical (unpaired) electrons. The van der Waals surface area contributed by atoms with E-state index in [0.717, 1.165) is 12.5 Å². The van der Waals surface area contributed by atoms with Crippen LogP contribution < -0.4 is 5.32 Å². The SMILES string of the molecule is CN1CCC(CNCC2(c3ccccc3)CCC(c3ccccc3)(N(C)C)CC2)CC1. The van der Waals surface area contributed by atoms with Gasteiger partial charge in [-0.3, -0.25) is 4.90 Å². The first-order chi connectivity index (χ1) is 15.0. The lowest BCUT2D eigenvalue weighted by molar-refractivity contribution is 0.0636. The zero-order chi connectivity index (χ0) is 21.7. The van der Waals surface area contributed by atoms with Gasteiger partial charge in [-0.05, 0) is 96.3 Å². The summed E-state index contributed by atoms with van der Waals surface area (Å²) >= 11 is 0. The minimum atomic E-state index is 0.146. The van der Waals surface area contributed by atoms with Gasteiger partial charge in [-0.15, -0.1) is 0 Å². The largest absolute Gasteiger partial charge is 0.316 e. The van der Waals surface area contributed by atoms with Crippen LogP contribution in [0.25, 0.3) is 0 Å². The molecule has 0 atom stereocenters. The van der Waals surface area contributed by atoms with Crippen molar-refractivity contribution < 1.29 is 0 Å². The summed E-state index contributed by atoms with van der Waals surface area (Å²) in [5.41, 5.74) is 3.38. The van der Waals surface area contributed by atoms with Crippen LogP contribution in [0.3, 0.4) is 0 Å². The third-order valence-electron chi connectivity index (χ3n) is 8.32. The zero-order valence-electron chi connectivity index (χ0n) is 19.8. The van der Waals surface area contributed by atoms with Crippen LogP contribution in [0.15, 0.2) is 60.7 Å². The lowest BCUT2D eigenvalue weighted by Gasteiger charge is -2.50. The van der Waals surface area contributed by atoms with Gasteiger partial charge in [-0.25, -0.2) is 0 Å². The summed E-state index contributed by atoms with van der Waals surface area (Å²) in [6, 6.07) is 22.5. The molecule has 1 aliphatic heterocycles. The molecule has 1 saturated heterocycles. The summed E-state index contributed by atoms with van der Waals surface area (Å²) in [4.78, 5) is 4.94. The van der Waals surface area contributed by atoms with Crippen molar-refractivity contribution in [3.8, 4) is 0 Å². The van der Waals surface area contributed by atoms with Crippen molar-refractivity contribution in [2.75, 3.05) is 47.3 Å². The Kier molecular flexibility index (Phi) is 7.15. The van der Waals surface area contributed by atoms with E-state index in [4.69, 9.17) is 0 Å². The van der Waals surface area contributed by atoms with Gasteiger partial charge < -0.3 is 10.2 Å². The van der Waals surface area contributed by atoms with Crippen molar-refractivity contribution in [2.24, 2.45) is 5.92 Å². The zero-order valence-corrected chi connectivity index (χ0v) is 19.8. The van der Waals surface area contributed by atoms with Crippen LogP contribution in [0, 0.1) is 5.92 Å². The molecule has 3 nitrogen and oxygen atoms in total. The molecule has 0 amide bonds. The van der Waals surface area contributed by atoms with Crippen LogP contribution >= 0.6 is 0 Å². The van der Waals surface area contributed by atoms with E-state index in [0.29, 0.717) is 0 Å². The maximum Gasteiger partial charge on any atom is 0.0455 e. The van der Waals surface area contributed by atoms with E-state index in [1.54, 1.807) is 0 Å². The molecule has 1 saturated carbocycles. The van der Waals surface area contributed by atoms with Crippen molar-refractivity contribution in [1.82, 2.24) is 15.1 Å². The van der Waals surface area contributed by atoms with Crippen molar-refractivity contribution in [2.45, 2.75) is 49.5 Å². The Bertz CT molecular complexity index is 786. The molecule has 168 valence electrons. The average Bonchev–Trinajstić information content (AvgIpc) is 2.82. The van der Waals surface area contributed by atoms with E-state index in [2.05, 4.69) is 96.9 Å². The minimum Gasteiger partial charge on any atom is -0.316 e. The van der Waals surface area contributed by atoms with Gasteiger partial charge in [0.25, 0.3) is 0 Å². The van der Waals surface area contributed by atoms with Gasteiger partial charge in [-0.2, -0.15) is 0 Å². The molecule has 0 bridgehead atoms. The summed E-state index contributed by atoms with van der Waals surface area (Å²) in [6.07, 6.45) is 7.53. The van der Waals surface area contributed by atoms with Gasteiger partial charge in [0, 0.05) is 17.5 Å². The maximum absolute atomic E-state index is 3.94. The van der Waals surface area contributed by atoms with Gasteiger partial charge in [0.1, 0.15) is 0 Å². The fraction of sp³-hybridized carbons (Fsp3) is 0.571. The van der Waals surface area contributed by atoms with Crippen molar-refractivity contribution >= 4 is 0 Å². The standard InChI is InChI=1S/C28H41N3/c1-30(2)28(26-12-8-5-9-13-26)18-16-27(17-19-28,25-10-6-4-7-11-25)23-29-22-24-14-20-31(3)21-15-24/h4-13,24,29H,14-23H2,1-3H3. The Balaban J connectivity index is 1.49. The Hall–Kier alpha value is -1.68. The number of nitrogens with zero attached hydrogens (tertiary/aromatic N) is 2. The summed E-state index contributed by atoms with van der Waals surface area (Å²) in [5, 5.41) is 3.94. The molecular formula is C28H41N3. The second kappa shape index (κ2) is 9.85. The highest BCUT2D eigenvalue weighted by molar-refractivity contribution is 5.31. The van der Waals surface area contributed by atoms with Gasteiger partial charge in [0.15, 0.2) is 0 Å². The average molecular weight is 420 g/mol. The van der Waals surface area contributed by atoms with Crippen LogP contribution in [0.5, 0.6) is 0 Å². The highest BCUT2D eigenvalue weighted by Gasteiger charge is 2.45. The Morgan fingerprint density at radius 3 is 1.94 bits per heavy atom. The van der Waals surface area contributed by atoms with Gasteiger partial charge >= 0.3 is 0 Å². The minimum absolute atomic E-state index is 0.146. The molecule has 1 heterocycles. The monoisotopic (exact) mass is 419 g/mol. The molecule has 2 aromatic rings.